The first-order valence-corrected chi connectivity index (χ1v) is 35.2. The summed E-state index contributed by atoms with van der Waals surface area (Å²) in [4.78, 5) is 65.8. The highest BCUT2D eigenvalue weighted by molar-refractivity contribution is 7.86. The van der Waals surface area contributed by atoms with Gasteiger partial charge in [0.15, 0.2) is 28.9 Å². The highest BCUT2D eigenvalue weighted by Gasteiger charge is 2.51. The van der Waals surface area contributed by atoms with Crippen molar-refractivity contribution in [3.8, 4) is 5.75 Å². The zero-order valence-electron chi connectivity index (χ0n) is 50.8. The van der Waals surface area contributed by atoms with Crippen LogP contribution in [0.5, 0.6) is 5.75 Å². The monoisotopic (exact) mass is 1320 g/mol. The number of allylic oxidation sites excluding steroid dienone is 9. The number of hydrogen-bond acceptors (Lipinski definition) is 19. The van der Waals surface area contributed by atoms with Gasteiger partial charge in [0.25, 0.3) is 10.1 Å². The van der Waals surface area contributed by atoms with Crippen LogP contribution in [0, 0.1) is 5.41 Å². The number of hydrogen-bond donors (Lipinski definition) is 9. The quantitative estimate of drug-likeness (QED) is 0.00929. The summed E-state index contributed by atoms with van der Waals surface area (Å²) < 4.78 is 119. The van der Waals surface area contributed by atoms with E-state index in [1.54, 1.807) is 6.07 Å². The molecule has 10 N–H and O–H groups in total. The van der Waals surface area contributed by atoms with Gasteiger partial charge in [0.2, 0.25) is 17.5 Å². The lowest BCUT2D eigenvalue weighted by molar-refractivity contribution is -0.437. The fourth-order valence-electron chi connectivity index (χ4n) is 11.9. The van der Waals surface area contributed by atoms with Crippen molar-refractivity contribution in [3.63, 3.8) is 0 Å². The number of nitrogens with one attached hydrogen (secondary N) is 2. The van der Waals surface area contributed by atoms with Gasteiger partial charge in [0, 0.05) is 84.2 Å². The molecule has 0 bridgehead atoms. The molecule has 0 aliphatic carbocycles. The second kappa shape index (κ2) is 27.1. The number of nitrogens with zero attached hydrogens (tertiary/aromatic N) is 6. The van der Waals surface area contributed by atoms with Gasteiger partial charge in [-0.3, -0.25) is 23.0 Å². The van der Waals surface area contributed by atoms with Crippen LogP contribution >= 0.6 is 15.6 Å². The van der Waals surface area contributed by atoms with E-state index in [0.29, 0.717) is 68.6 Å². The van der Waals surface area contributed by atoms with E-state index in [1.165, 1.54) is 16.7 Å². The number of fused-ring (bicyclic) bond motifs is 4. The number of imidazole rings is 1. The first kappa shape index (κ1) is 68.9. The molecule has 486 valence electrons. The Balaban J connectivity index is 0.931. The second-order valence-electron chi connectivity index (χ2n) is 24.1. The number of phosphoric ester groups is 2. The Morgan fingerprint density at radius 2 is 1.67 bits per heavy atom. The van der Waals surface area contributed by atoms with E-state index in [2.05, 4.69) is 102 Å². The minimum absolute atomic E-state index is 0.0437. The van der Waals surface area contributed by atoms with Gasteiger partial charge in [0.1, 0.15) is 42.7 Å². The standard InChI is InChI=1S/C58H79N9O18P2S2/c1-9-66-43-32-44-40(31-39(43)36(2)33-57(66,6)7)37(29-47(83-44)56(3,4)5)19-13-12-14-20-46-58(8,41-30-38(89(79,80)81)22-23-42(41)65(46)27-18-28-88(76,77)78)24-17-21-48(68)60-25-15-10-11-16-26-61-55-64-49-52(59)62-35-63-53(49)67(55)54-50(69)51(85-87(73,74)75)45(84-54)34-82-86(70,71)72/h12-14,19-20,22-23,29-33,35,45,50-51,54,69H,9-11,15-18,21,24-28,34H2,1-8H3,(H9-,59,60,61,62,63,64,68,70,71,72,73,74,75,76,77,78,79,80,81)/t45-,50-,51-,54-,58?/m1/s1. The molecular weight excluding hydrogens is 1240 g/mol. The zero-order valence-corrected chi connectivity index (χ0v) is 54.2. The third-order valence-electron chi connectivity index (χ3n) is 16.0. The van der Waals surface area contributed by atoms with E-state index in [1.807, 2.05) is 48.0 Å². The number of rotatable bonds is 27. The van der Waals surface area contributed by atoms with E-state index >= 15 is 0 Å². The summed E-state index contributed by atoms with van der Waals surface area (Å²) in [6, 6.07) is 8.50. The van der Waals surface area contributed by atoms with Crippen molar-refractivity contribution >= 4 is 93.0 Å². The number of likely N-dealkylation sites (N-methyl/N-ethyl adjacent to an activating group) is 1. The number of benzene rings is 2. The lowest BCUT2D eigenvalue weighted by Gasteiger charge is -2.43. The number of carbonyl (C=O) groups is 1. The maximum atomic E-state index is 13.4. The molecule has 4 aromatic rings. The molecule has 31 heteroatoms. The Kier molecular flexibility index (Phi) is 20.9. The zero-order chi connectivity index (χ0) is 65.2. The van der Waals surface area contributed by atoms with Crippen LogP contribution in [0.4, 0.5) is 23.1 Å². The molecule has 4 aliphatic rings. The van der Waals surface area contributed by atoms with Gasteiger partial charge in [-0.25, -0.2) is 32.5 Å². The van der Waals surface area contributed by atoms with Crippen LogP contribution in [0.25, 0.3) is 22.3 Å². The summed E-state index contributed by atoms with van der Waals surface area (Å²) in [5, 5.41) is 17.4. The predicted octanol–water partition coefficient (Wildman–Crippen LogP) is 7.29. The van der Waals surface area contributed by atoms with Crippen LogP contribution < -0.4 is 26.0 Å². The number of aliphatic hydroxyl groups excluding tert-OH is 1. The molecule has 2 aromatic heterocycles. The maximum absolute atomic E-state index is 13.4. The number of anilines is 3. The number of nitrogen functional groups attached to an aromatic ring is 1. The van der Waals surface area contributed by atoms with Crippen molar-refractivity contribution in [2.45, 2.75) is 147 Å². The summed E-state index contributed by atoms with van der Waals surface area (Å²) in [6.45, 7) is 17.4. The smallest absolute Gasteiger partial charge is 0.470 e. The number of amides is 1. The molecule has 0 saturated carbocycles. The van der Waals surface area contributed by atoms with Crippen LogP contribution in [-0.2, 0) is 53.4 Å². The fourth-order valence-corrected chi connectivity index (χ4v) is 13.8. The molecule has 1 unspecified atom stereocenters. The van der Waals surface area contributed by atoms with E-state index in [9.17, 15) is 64.5 Å². The van der Waals surface area contributed by atoms with Crippen LogP contribution in [0.1, 0.15) is 130 Å². The van der Waals surface area contributed by atoms with Crippen molar-refractivity contribution < 1.29 is 87.6 Å². The molecule has 1 amide bonds. The topological polar surface area (TPSA) is 401 Å². The molecule has 1 saturated heterocycles. The Labute approximate surface area is 517 Å². The van der Waals surface area contributed by atoms with Crippen LogP contribution in [-0.4, -0.2) is 149 Å². The van der Waals surface area contributed by atoms with Gasteiger partial charge in [-0.1, -0.05) is 64.0 Å². The number of aliphatic hydroxyl groups is 1. The van der Waals surface area contributed by atoms with Gasteiger partial charge in [-0.2, -0.15) is 13.0 Å². The molecule has 0 radical (unpaired) electrons. The Morgan fingerprint density at radius 1 is 0.955 bits per heavy atom. The normalized spacial score (nSPS) is 21.8. The van der Waals surface area contributed by atoms with Gasteiger partial charge < -0.3 is 60.0 Å². The molecule has 5 atom stereocenters. The van der Waals surface area contributed by atoms with Crippen molar-refractivity contribution in [2.24, 2.45) is 5.41 Å². The molecule has 89 heavy (non-hydrogen) atoms. The molecule has 6 heterocycles. The summed E-state index contributed by atoms with van der Waals surface area (Å²) in [6.07, 6.45) is 11.3. The number of phosphoric acid groups is 2. The lowest BCUT2D eigenvalue weighted by Crippen LogP contribution is -2.45. The number of nitrogens with two attached hydrogens (primary N) is 1. The van der Waals surface area contributed by atoms with E-state index in [0.717, 1.165) is 52.3 Å². The Hall–Kier alpha value is -6.01. The van der Waals surface area contributed by atoms with Gasteiger partial charge in [-0.15, -0.1) is 0 Å². The molecule has 27 nitrogen and oxygen atoms in total. The summed E-state index contributed by atoms with van der Waals surface area (Å²) in [7, 11) is -19.6. The predicted molar refractivity (Wildman–Crippen MR) is 333 cm³/mol. The Morgan fingerprint density at radius 3 is 2.34 bits per heavy atom. The fraction of sp³-hybridized carbons (Fsp3) is 0.500. The number of ether oxygens (including phenoxy) is 2. The highest BCUT2D eigenvalue weighted by atomic mass is 32.2. The first-order valence-electron chi connectivity index (χ1n) is 29.1. The Bertz CT molecular complexity index is 3880. The molecule has 1 fully saturated rings. The first-order chi connectivity index (χ1) is 41.5. The van der Waals surface area contributed by atoms with Gasteiger partial charge in [0.05, 0.1) is 32.6 Å². The van der Waals surface area contributed by atoms with Crippen LogP contribution in [0.2, 0.25) is 0 Å². The number of aromatic nitrogens is 4. The maximum Gasteiger partial charge on any atom is 0.470 e. The lowest BCUT2D eigenvalue weighted by atomic mass is 9.75. The molecule has 2 aromatic carbocycles. The largest absolute Gasteiger partial charge is 0.748 e. The molecule has 4 aliphatic heterocycles. The van der Waals surface area contributed by atoms with E-state index < -0.39 is 78.2 Å². The molecule has 8 rings (SSSR count). The van der Waals surface area contributed by atoms with Crippen molar-refractivity contribution in [2.75, 3.05) is 54.5 Å². The minimum Gasteiger partial charge on any atom is -0.748 e. The number of unbranched alkanes of at least 4 members (excludes halogenated alkanes) is 3. The van der Waals surface area contributed by atoms with Crippen molar-refractivity contribution in [3.05, 3.63) is 102 Å². The average molecular weight is 1320 g/mol. The third kappa shape index (κ3) is 16.6. The average Bonchev–Trinajstić information content (AvgIpc) is 1.80. The summed E-state index contributed by atoms with van der Waals surface area (Å²) in [5.41, 5.74) is 11.7. The number of carbonyl (C=O) groups excluding carboxylic acids is 1. The van der Waals surface area contributed by atoms with Crippen molar-refractivity contribution in [1.29, 1.82) is 0 Å². The summed E-state index contributed by atoms with van der Waals surface area (Å²) in [5.74, 6) is 0.682. The van der Waals surface area contributed by atoms with Crippen LogP contribution in [0.15, 0.2) is 89.8 Å². The van der Waals surface area contributed by atoms with Gasteiger partial charge in [-0.05, 0) is 95.7 Å². The molecular formula is C58H79N9O18P2S2. The third-order valence-corrected chi connectivity index (χ3v) is 18.7. The SMILES string of the molecule is CCN1c2cc3c(cc2C(C)=CC1(C)C)C(=CC=CC=CC1=[N+](CCCS(=O)(=O)[O-])c2ccc(S(=O)(=O)O)cc2C1(C)CCCC(=O)NCCCCCCNc1nc2c(N)ncnc2n1[C@@H]1O[C@H](COP(=O)(O)O)[C@@H](OP(=O)(O)O)[C@H]1O)C=C(C(C)(C)C)O3. The molecule has 0 spiro atoms. The van der Waals surface area contributed by atoms with Gasteiger partial charge >= 0.3 is 15.6 Å². The summed E-state index contributed by atoms with van der Waals surface area (Å²) >= 11 is 0. The minimum atomic E-state index is -5.28. The van der Waals surface area contributed by atoms with Crippen LogP contribution in [0.3, 0.4) is 0 Å². The van der Waals surface area contributed by atoms with E-state index in [4.69, 9.17) is 19.7 Å². The second-order valence-corrected chi connectivity index (χ2v) is 29.5. The van der Waals surface area contributed by atoms with E-state index in [-0.39, 0.29) is 64.1 Å². The highest BCUT2D eigenvalue weighted by Crippen LogP contribution is 2.50. The van der Waals surface area contributed by atoms with Crippen molar-refractivity contribution in [1.82, 2.24) is 24.8 Å².